The van der Waals surface area contributed by atoms with Gasteiger partial charge in [-0.2, -0.15) is 0 Å². The molecule has 5 heteroatoms. The van der Waals surface area contributed by atoms with Gasteiger partial charge in [0.05, 0.1) is 5.56 Å². The van der Waals surface area contributed by atoms with Crippen LogP contribution in [-0.4, -0.2) is 14.7 Å². The number of nitrogens with one attached hydrogen (secondary N) is 1. The summed E-state index contributed by atoms with van der Waals surface area (Å²) in [5.41, 5.74) is -0.801. The van der Waals surface area contributed by atoms with E-state index in [0.717, 1.165) is 19.3 Å². The maximum atomic E-state index is 11.9. The number of rotatable bonds is 2. The highest BCUT2D eigenvalue weighted by Gasteiger charge is 2.34. The number of nitrogens with zero attached hydrogens (tertiary/aromatic N) is 1. The van der Waals surface area contributed by atoms with Gasteiger partial charge in [0.2, 0.25) is 5.88 Å². The number of aromatic hydroxyl groups is 1. The van der Waals surface area contributed by atoms with Crippen LogP contribution in [-0.2, 0) is 0 Å². The summed E-state index contributed by atoms with van der Waals surface area (Å²) >= 11 is 0. The Hall–Kier alpha value is -1.52. The smallest absolute Gasteiger partial charge is 0.331 e. The number of hydrogen-bond acceptors (Lipinski definition) is 3. The first-order valence-electron chi connectivity index (χ1n) is 6.51. The molecule has 2 N–H and O–H groups in total. The first kappa shape index (κ1) is 12.9. The molecule has 0 aliphatic heterocycles. The Morgan fingerprint density at radius 2 is 2.06 bits per heavy atom. The van der Waals surface area contributed by atoms with Crippen LogP contribution in [0.15, 0.2) is 9.59 Å². The van der Waals surface area contributed by atoms with Crippen molar-refractivity contribution in [3.63, 3.8) is 0 Å². The van der Waals surface area contributed by atoms with Gasteiger partial charge in [-0.15, -0.1) is 0 Å². The van der Waals surface area contributed by atoms with Crippen molar-refractivity contribution >= 4 is 0 Å². The van der Waals surface area contributed by atoms with Crippen LogP contribution in [0, 0.1) is 18.8 Å². The Morgan fingerprint density at radius 1 is 1.39 bits per heavy atom. The average molecular weight is 252 g/mol. The zero-order chi connectivity index (χ0) is 13.4. The molecular weight excluding hydrogens is 232 g/mol. The maximum Gasteiger partial charge on any atom is 0.331 e. The summed E-state index contributed by atoms with van der Waals surface area (Å²) in [4.78, 5) is 25.6. The van der Waals surface area contributed by atoms with Gasteiger partial charge in [-0.3, -0.25) is 14.3 Å². The molecule has 18 heavy (non-hydrogen) atoms. The van der Waals surface area contributed by atoms with E-state index in [1.807, 2.05) is 0 Å². The lowest BCUT2D eigenvalue weighted by molar-refractivity contribution is 0.287. The van der Waals surface area contributed by atoms with E-state index in [2.05, 4.69) is 18.8 Å². The van der Waals surface area contributed by atoms with Crippen LogP contribution < -0.4 is 11.2 Å². The van der Waals surface area contributed by atoms with Crippen molar-refractivity contribution in [2.24, 2.45) is 11.8 Å². The van der Waals surface area contributed by atoms with Crippen molar-refractivity contribution in [1.29, 1.82) is 0 Å². The Kier molecular flexibility index (Phi) is 3.32. The van der Waals surface area contributed by atoms with Crippen LogP contribution in [0.25, 0.3) is 0 Å². The number of hydrogen-bond donors (Lipinski definition) is 2. The summed E-state index contributed by atoms with van der Waals surface area (Å²) in [6.07, 6.45) is 3.01. The van der Waals surface area contributed by atoms with E-state index in [1.54, 1.807) is 0 Å². The lowest BCUT2D eigenvalue weighted by atomic mass is 9.93. The monoisotopic (exact) mass is 252 g/mol. The fourth-order valence-corrected chi connectivity index (χ4v) is 3.10. The van der Waals surface area contributed by atoms with Crippen LogP contribution in [0.2, 0.25) is 0 Å². The molecule has 5 nitrogen and oxygen atoms in total. The molecule has 100 valence electrons. The Morgan fingerprint density at radius 3 is 2.61 bits per heavy atom. The third-order valence-electron chi connectivity index (χ3n) is 4.38. The summed E-state index contributed by atoms with van der Waals surface area (Å²) in [5, 5.41) is 10.0. The summed E-state index contributed by atoms with van der Waals surface area (Å²) < 4.78 is 1.36. The van der Waals surface area contributed by atoms with E-state index in [1.165, 1.54) is 11.5 Å². The highest BCUT2D eigenvalue weighted by molar-refractivity contribution is 5.21. The molecule has 1 aromatic rings. The second-order valence-electron chi connectivity index (χ2n) is 5.25. The van der Waals surface area contributed by atoms with Gasteiger partial charge in [0.1, 0.15) is 0 Å². The molecular formula is C13H20N2O3. The summed E-state index contributed by atoms with van der Waals surface area (Å²) in [6.45, 7) is 5.78. The van der Waals surface area contributed by atoms with Crippen molar-refractivity contribution in [3.8, 4) is 5.88 Å². The second kappa shape index (κ2) is 4.63. The van der Waals surface area contributed by atoms with E-state index in [4.69, 9.17) is 0 Å². The molecule has 0 bridgehead atoms. The highest BCUT2D eigenvalue weighted by Crippen LogP contribution is 2.42. The summed E-state index contributed by atoms with van der Waals surface area (Å²) in [6, 6.07) is -0.0157. The Bertz CT molecular complexity index is 558. The van der Waals surface area contributed by atoms with Crippen molar-refractivity contribution in [1.82, 2.24) is 9.55 Å². The molecule has 0 saturated heterocycles. The standard InChI is InChI=1S/C13H20N2O3/c1-4-9-5-6-10(7(9)2)15-12(17)8(3)11(16)14-13(15)18/h7,9-10,17H,4-6H2,1-3H3,(H,14,16,18). The van der Waals surface area contributed by atoms with Crippen LogP contribution in [0.4, 0.5) is 0 Å². The average Bonchev–Trinajstić information content (AvgIpc) is 2.68. The van der Waals surface area contributed by atoms with Gasteiger partial charge >= 0.3 is 5.69 Å². The molecule has 0 aromatic carbocycles. The molecule has 0 spiro atoms. The molecule has 1 aliphatic carbocycles. The van der Waals surface area contributed by atoms with Gasteiger partial charge in [0.25, 0.3) is 5.56 Å². The van der Waals surface area contributed by atoms with Crippen molar-refractivity contribution in [2.45, 2.75) is 46.1 Å². The normalized spacial score (nSPS) is 27.6. The van der Waals surface area contributed by atoms with E-state index >= 15 is 0 Å². The van der Waals surface area contributed by atoms with Gasteiger partial charge in [-0.1, -0.05) is 20.3 Å². The Balaban J connectivity index is 2.50. The van der Waals surface area contributed by atoms with Gasteiger partial charge < -0.3 is 5.11 Å². The molecule has 1 aromatic heterocycles. The van der Waals surface area contributed by atoms with Crippen LogP contribution >= 0.6 is 0 Å². The van der Waals surface area contributed by atoms with E-state index in [0.29, 0.717) is 11.8 Å². The molecule has 0 amide bonds. The zero-order valence-corrected chi connectivity index (χ0v) is 11.1. The zero-order valence-electron chi connectivity index (χ0n) is 11.1. The van der Waals surface area contributed by atoms with Crippen molar-refractivity contribution in [2.75, 3.05) is 0 Å². The topological polar surface area (TPSA) is 75.1 Å². The second-order valence-corrected chi connectivity index (χ2v) is 5.25. The molecule has 1 heterocycles. The summed E-state index contributed by atoms with van der Waals surface area (Å²) in [7, 11) is 0. The first-order chi connectivity index (χ1) is 8.47. The molecule has 2 rings (SSSR count). The van der Waals surface area contributed by atoms with E-state index in [9.17, 15) is 14.7 Å². The largest absolute Gasteiger partial charge is 0.494 e. The van der Waals surface area contributed by atoms with E-state index in [-0.39, 0.29) is 17.5 Å². The predicted molar refractivity (Wildman–Crippen MR) is 68.9 cm³/mol. The van der Waals surface area contributed by atoms with E-state index < -0.39 is 11.2 Å². The molecule has 1 saturated carbocycles. The molecule has 0 radical (unpaired) electrons. The quantitative estimate of drug-likeness (QED) is 0.838. The fourth-order valence-electron chi connectivity index (χ4n) is 3.10. The number of H-pyrrole nitrogens is 1. The third-order valence-corrected chi connectivity index (χ3v) is 4.38. The van der Waals surface area contributed by atoms with Gasteiger partial charge in [-0.25, -0.2) is 4.79 Å². The molecule has 1 aliphatic rings. The highest BCUT2D eigenvalue weighted by atomic mass is 16.3. The maximum absolute atomic E-state index is 11.9. The minimum atomic E-state index is -0.508. The first-order valence-corrected chi connectivity index (χ1v) is 6.51. The minimum Gasteiger partial charge on any atom is -0.494 e. The van der Waals surface area contributed by atoms with Crippen LogP contribution in [0.3, 0.4) is 0 Å². The molecule has 1 fully saturated rings. The molecule has 3 unspecified atom stereocenters. The van der Waals surface area contributed by atoms with Gasteiger partial charge in [0, 0.05) is 6.04 Å². The Labute approximate surface area is 105 Å². The van der Waals surface area contributed by atoms with Gasteiger partial charge in [-0.05, 0) is 31.6 Å². The SMILES string of the molecule is CCC1CCC(n2c(O)c(C)c(=O)[nH]c2=O)C1C. The van der Waals surface area contributed by atoms with Crippen molar-refractivity contribution < 1.29 is 5.11 Å². The van der Waals surface area contributed by atoms with Crippen LogP contribution in [0.5, 0.6) is 5.88 Å². The van der Waals surface area contributed by atoms with Crippen molar-refractivity contribution in [3.05, 3.63) is 26.4 Å². The van der Waals surface area contributed by atoms with Crippen LogP contribution in [0.1, 0.15) is 44.7 Å². The third kappa shape index (κ3) is 1.87. The number of aromatic nitrogens is 2. The lowest BCUT2D eigenvalue weighted by Gasteiger charge is -2.23. The minimum absolute atomic E-state index is 0.0157. The lowest BCUT2D eigenvalue weighted by Crippen LogP contribution is -2.35. The summed E-state index contributed by atoms with van der Waals surface area (Å²) in [5.74, 6) is 0.731. The fraction of sp³-hybridized carbons (Fsp3) is 0.692. The van der Waals surface area contributed by atoms with Gasteiger partial charge in [0.15, 0.2) is 0 Å². The number of aromatic amines is 1. The predicted octanol–water partition coefficient (Wildman–Crippen LogP) is 1.55. The molecule has 3 atom stereocenters.